The number of morpholine rings is 2. The highest BCUT2D eigenvalue weighted by molar-refractivity contribution is 7.80. The molecule has 124 valence electrons. The maximum absolute atomic E-state index is 9.33. The van der Waals surface area contributed by atoms with Crippen molar-refractivity contribution < 1.29 is 26.6 Å². The fraction of sp³-hybridized carbons (Fsp3) is 0.900. The highest BCUT2D eigenvalue weighted by Crippen LogP contribution is 2.00. The Hall–Kier alpha value is -1.14. The van der Waals surface area contributed by atoms with Crippen LogP contribution in [0.3, 0.4) is 0 Å². The van der Waals surface area contributed by atoms with Crippen LogP contribution in [-0.2, 0) is 24.1 Å². The Kier molecular flexibility index (Phi) is 7.67. The van der Waals surface area contributed by atoms with Gasteiger partial charge in [-0.3, -0.25) is 13.7 Å². The summed E-state index contributed by atoms with van der Waals surface area (Å²) in [5, 5.41) is 6.34. The fourth-order valence-electron chi connectivity index (χ4n) is 1.65. The van der Waals surface area contributed by atoms with Gasteiger partial charge in [-0.2, -0.15) is 8.42 Å². The quantitative estimate of drug-likeness (QED) is 0.347. The van der Waals surface area contributed by atoms with E-state index in [0.29, 0.717) is 5.96 Å². The highest BCUT2D eigenvalue weighted by atomic mass is 32.3. The van der Waals surface area contributed by atoms with E-state index in [9.17, 15) is 8.42 Å². The number of rotatable bonds is 2. The van der Waals surface area contributed by atoms with Gasteiger partial charge in [-0.1, -0.05) is 0 Å². The van der Waals surface area contributed by atoms with Crippen molar-refractivity contribution in [2.75, 3.05) is 59.7 Å². The van der Waals surface area contributed by atoms with E-state index >= 15 is 0 Å². The smallest absolute Gasteiger partial charge is 0.378 e. The lowest BCUT2D eigenvalue weighted by Gasteiger charge is -2.30. The summed E-state index contributed by atoms with van der Waals surface area (Å²) in [4.78, 5) is 2.05. The highest BCUT2D eigenvalue weighted by Gasteiger charge is 2.14. The van der Waals surface area contributed by atoms with Gasteiger partial charge in [0.05, 0.1) is 46.6 Å². The summed E-state index contributed by atoms with van der Waals surface area (Å²) in [6, 6.07) is 0. The molecule has 0 aromatic heterocycles. The molecule has 0 unspecified atom stereocenters. The summed E-state index contributed by atoms with van der Waals surface area (Å²) >= 11 is 0. The van der Waals surface area contributed by atoms with Crippen LogP contribution in [0.4, 0.5) is 0 Å². The molecule has 0 aliphatic carbocycles. The third-order valence-corrected chi connectivity index (χ3v) is 3.20. The van der Waals surface area contributed by atoms with Gasteiger partial charge in [0.1, 0.15) is 0 Å². The van der Waals surface area contributed by atoms with Crippen molar-refractivity contribution in [1.82, 2.24) is 9.91 Å². The second-order valence-corrected chi connectivity index (χ2v) is 5.41. The largest absolute Gasteiger partial charge is 0.397 e. The van der Waals surface area contributed by atoms with Crippen molar-refractivity contribution in [3.63, 3.8) is 0 Å². The van der Waals surface area contributed by atoms with Crippen molar-refractivity contribution in [3.05, 3.63) is 0 Å². The van der Waals surface area contributed by atoms with Crippen LogP contribution in [0.2, 0.25) is 0 Å². The van der Waals surface area contributed by atoms with Crippen LogP contribution in [0.15, 0.2) is 5.10 Å². The number of hydrazone groups is 1. The first-order chi connectivity index (χ1) is 9.92. The van der Waals surface area contributed by atoms with Crippen LogP contribution >= 0.6 is 0 Å². The minimum atomic E-state index is -4.16. The van der Waals surface area contributed by atoms with E-state index in [2.05, 4.69) is 14.2 Å². The predicted molar refractivity (Wildman–Crippen MR) is 75.0 cm³/mol. The number of nitrogens with zero attached hydrogens (tertiary/aromatic N) is 3. The molecule has 21 heavy (non-hydrogen) atoms. The molecule has 0 spiro atoms. The first-order valence-electron chi connectivity index (χ1n) is 6.45. The van der Waals surface area contributed by atoms with Crippen molar-refractivity contribution in [2.45, 2.75) is 0 Å². The van der Waals surface area contributed by atoms with Crippen molar-refractivity contribution in [2.24, 2.45) is 10.8 Å². The number of guanidine groups is 1. The minimum Gasteiger partial charge on any atom is -0.378 e. The Morgan fingerprint density at radius 1 is 1.14 bits per heavy atom. The van der Waals surface area contributed by atoms with Crippen LogP contribution in [0.5, 0.6) is 0 Å². The SMILES string of the molecule is COS(=O)(=O)O.NC(=NN1CCOCC1)N1CCOCC1. The van der Waals surface area contributed by atoms with E-state index in [1.165, 1.54) is 0 Å². The fourth-order valence-corrected chi connectivity index (χ4v) is 1.65. The summed E-state index contributed by atoms with van der Waals surface area (Å²) < 4.78 is 40.2. The standard InChI is InChI=1S/C9H18N4O2.CH4O4S/c10-9(12-1-5-14-6-2-12)11-13-3-7-15-8-4-13;1-5-6(2,3)4/h1-8H2,(H2,10,11);1H3,(H,2,3,4). The molecule has 3 N–H and O–H groups in total. The molecule has 2 heterocycles. The summed E-state index contributed by atoms with van der Waals surface area (Å²) in [5.74, 6) is 0.597. The van der Waals surface area contributed by atoms with Crippen molar-refractivity contribution in [3.8, 4) is 0 Å². The second-order valence-electron chi connectivity index (χ2n) is 4.22. The van der Waals surface area contributed by atoms with Crippen LogP contribution < -0.4 is 5.73 Å². The molecule has 0 atom stereocenters. The molecule has 0 amide bonds. The molecule has 0 saturated carbocycles. The molecule has 0 aromatic carbocycles. The molecule has 0 aromatic rings. The third-order valence-electron chi connectivity index (χ3n) is 2.78. The molecule has 2 aliphatic rings. The van der Waals surface area contributed by atoms with E-state index < -0.39 is 10.4 Å². The third kappa shape index (κ3) is 8.02. The molecule has 11 heteroatoms. The monoisotopic (exact) mass is 326 g/mol. The summed E-state index contributed by atoms with van der Waals surface area (Å²) in [5.41, 5.74) is 5.92. The molecule has 2 rings (SSSR count). The van der Waals surface area contributed by atoms with Gasteiger partial charge in [0.2, 0.25) is 5.96 Å². The summed E-state index contributed by atoms with van der Waals surface area (Å²) in [6.07, 6.45) is 0. The van der Waals surface area contributed by atoms with Gasteiger partial charge < -0.3 is 20.1 Å². The normalized spacial score (nSPS) is 20.8. The average molecular weight is 326 g/mol. The zero-order chi connectivity index (χ0) is 15.7. The molecule has 0 bridgehead atoms. The molecular weight excluding hydrogens is 304 g/mol. The van der Waals surface area contributed by atoms with Crippen molar-refractivity contribution in [1.29, 1.82) is 0 Å². The maximum Gasteiger partial charge on any atom is 0.397 e. The second kappa shape index (κ2) is 9.00. The van der Waals surface area contributed by atoms with Gasteiger partial charge in [-0.05, 0) is 0 Å². The van der Waals surface area contributed by atoms with E-state index in [0.717, 1.165) is 59.7 Å². The molecule has 2 saturated heterocycles. The zero-order valence-electron chi connectivity index (χ0n) is 12.0. The predicted octanol–water partition coefficient (Wildman–Crippen LogP) is -1.68. The van der Waals surface area contributed by atoms with E-state index in [4.69, 9.17) is 19.8 Å². The van der Waals surface area contributed by atoms with Crippen molar-refractivity contribution >= 4 is 16.4 Å². The van der Waals surface area contributed by atoms with E-state index in [-0.39, 0.29) is 0 Å². The number of hydrogen-bond acceptors (Lipinski definition) is 7. The molecule has 0 radical (unpaired) electrons. The Balaban J connectivity index is 0.000000315. The van der Waals surface area contributed by atoms with E-state index in [1.54, 1.807) is 0 Å². The van der Waals surface area contributed by atoms with Gasteiger partial charge in [0.25, 0.3) is 0 Å². The first-order valence-corrected chi connectivity index (χ1v) is 7.81. The van der Waals surface area contributed by atoms with Crippen LogP contribution in [0.25, 0.3) is 0 Å². The Labute approximate surface area is 124 Å². The molecular formula is C10H22N4O6S. The zero-order valence-corrected chi connectivity index (χ0v) is 12.8. The van der Waals surface area contributed by atoms with Crippen LogP contribution in [-0.4, -0.2) is 88.6 Å². The van der Waals surface area contributed by atoms with Gasteiger partial charge in [-0.15, -0.1) is 5.10 Å². The number of nitrogens with two attached hydrogens (primary N) is 1. The lowest BCUT2D eigenvalue weighted by molar-refractivity contribution is 0.0362. The molecule has 2 fully saturated rings. The van der Waals surface area contributed by atoms with E-state index in [1.807, 2.05) is 5.01 Å². The average Bonchev–Trinajstić information content (AvgIpc) is 2.49. The summed E-state index contributed by atoms with van der Waals surface area (Å²) in [6.45, 7) is 6.26. The Morgan fingerprint density at radius 2 is 1.57 bits per heavy atom. The summed E-state index contributed by atoms with van der Waals surface area (Å²) in [7, 11) is -3.29. The Morgan fingerprint density at radius 3 is 2.00 bits per heavy atom. The van der Waals surface area contributed by atoms with Crippen LogP contribution in [0, 0.1) is 0 Å². The molecule has 10 nitrogen and oxygen atoms in total. The van der Waals surface area contributed by atoms with Crippen LogP contribution in [0.1, 0.15) is 0 Å². The minimum absolute atomic E-state index is 0.597. The molecule has 2 aliphatic heterocycles. The lowest BCUT2D eigenvalue weighted by atomic mass is 10.4. The number of hydrogen-bond donors (Lipinski definition) is 2. The lowest BCUT2D eigenvalue weighted by Crippen LogP contribution is -2.46. The van der Waals surface area contributed by atoms with Gasteiger partial charge in [-0.25, -0.2) is 0 Å². The van der Waals surface area contributed by atoms with Gasteiger partial charge >= 0.3 is 10.4 Å². The topological polar surface area (TPSA) is 127 Å². The number of ether oxygens (including phenoxy) is 2. The maximum atomic E-state index is 9.33. The first kappa shape index (κ1) is 17.9. The van der Waals surface area contributed by atoms with Gasteiger partial charge in [0, 0.05) is 13.1 Å². The van der Waals surface area contributed by atoms with Gasteiger partial charge in [0.15, 0.2) is 0 Å². The Bertz CT molecular complexity index is 417.